The molecule has 25 heavy (non-hydrogen) atoms. The van der Waals surface area contributed by atoms with Crippen molar-refractivity contribution in [1.29, 1.82) is 5.26 Å². The number of carbonyl (C=O) groups excluding carboxylic acids is 2. The molecule has 0 atom stereocenters. The molecule has 2 amide bonds. The Labute approximate surface area is 146 Å². The van der Waals surface area contributed by atoms with E-state index < -0.39 is 5.91 Å². The van der Waals surface area contributed by atoms with Crippen molar-refractivity contribution < 1.29 is 19.1 Å². The number of para-hydroxylation sites is 1. The van der Waals surface area contributed by atoms with Gasteiger partial charge in [0.05, 0.1) is 12.2 Å². The van der Waals surface area contributed by atoms with Crippen molar-refractivity contribution in [2.45, 2.75) is 19.8 Å². The first-order valence-electron chi connectivity index (χ1n) is 8.02. The molecule has 1 heterocycles. The van der Waals surface area contributed by atoms with Gasteiger partial charge in [-0.1, -0.05) is 12.1 Å². The zero-order chi connectivity index (χ0) is 18.1. The third-order valence-electron chi connectivity index (χ3n) is 3.57. The van der Waals surface area contributed by atoms with Crippen molar-refractivity contribution in [3.05, 3.63) is 29.8 Å². The number of piperidine rings is 1. The second kappa shape index (κ2) is 9.27. The van der Waals surface area contributed by atoms with Crippen LogP contribution in [-0.4, -0.2) is 48.9 Å². The van der Waals surface area contributed by atoms with Crippen LogP contribution in [0.5, 0.6) is 5.75 Å². The topological polar surface area (TPSA) is 104 Å². The largest absolute Gasteiger partial charge is 0.482 e. The SMILES string of the molecule is CCOC(=O)N1CCC(=NNC(=O)COc2ccccc2C#N)CC1. The van der Waals surface area contributed by atoms with Gasteiger partial charge in [0, 0.05) is 31.6 Å². The molecule has 1 N–H and O–H groups in total. The highest BCUT2D eigenvalue weighted by Crippen LogP contribution is 2.16. The van der Waals surface area contributed by atoms with E-state index in [9.17, 15) is 9.59 Å². The van der Waals surface area contributed by atoms with E-state index >= 15 is 0 Å². The Hall–Kier alpha value is -3.08. The van der Waals surface area contributed by atoms with Crippen LogP contribution in [-0.2, 0) is 9.53 Å². The lowest BCUT2D eigenvalue weighted by atomic mass is 10.1. The lowest BCUT2D eigenvalue weighted by Gasteiger charge is -2.26. The number of hydrazone groups is 1. The molecular weight excluding hydrogens is 324 g/mol. The van der Waals surface area contributed by atoms with E-state index in [1.54, 1.807) is 36.1 Å². The summed E-state index contributed by atoms with van der Waals surface area (Å²) in [6.07, 6.45) is 0.837. The molecule has 1 aromatic rings. The number of nitrogens with one attached hydrogen (secondary N) is 1. The van der Waals surface area contributed by atoms with Crippen LogP contribution in [0.25, 0.3) is 0 Å². The summed E-state index contributed by atoms with van der Waals surface area (Å²) in [5.41, 5.74) is 3.62. The average Bonchev–Trinajstić information content (AvgIpc) is 2.65. The van der Waals surface area contributed by atoms with E-state index in [0.29, 0.717) is 43.9 Å². The number of ether oxygens (including phenoxy) is 2. The van der Waals surface area contributed by atoms with Crippen molar-refractivity contribution in [2.24, 2.45) is 5.10 Å². The summed E-state index contributed by atoms with van der Waals surface area (Å²) in [4.78, 5) is 25.0. The minimum atomic E-state index is -0.409. The van der Waals surface area contributed by atoms with Crippen LogP contribution in [0, 0.1) is 11.3 Å². The zero-order valence-electron chi connectivity index (χ0n) is 14.0. The van der Waals surface area contributed by atoms with E-state index in [1.165, 1.54) is 0 Å². The molecule has 8 heteroatoms. The van der Waals surface area contributed by atoms with Crippen molar-refractivity contribution in [2.75, 3.05) is 26.3 Å². The number of nitriles is 1. The molecule has 2 rings (SSSR count). The lowest BCUT2D eigenvalue weighted by Crippen LogP contribution is -2.39. The summed E-state index contributed by atoms with van der Waals surface area (Å²) in [6.45, 7) is 2.91. The van der Waals surface area contributed by atoms with Crippen LogP contribution in [0.1, 0.15) is 25.3 Å². The van der Waals surface area contributed by atoms with E-state index in [1.807, 2.05) is 6.07 Å². The molecule has 8 nitrogen and oxygen atoms in total. The highest BCUT2D eigenvalue weighted by molar-refractivity contribution is 5.88. The number of carbonyl (C=O) groups is 2. The van der Waals surface area contributed by atoms with Crippen molar-refractivity contribution in [3.8, 4) is 11.8 Å². The number of amides is 2. The van der Waals surface area contributed by atoms with Gasteiger partial charge in [0.2, 0.25) is 0 Å². The first kappa shape index (κ1) is 18.3. The van der Waals surface area contributed by atoms with Crippen LogP contribution in [0.15, 0.2) is 29.4 Å². The first-order chi connectivity index (χ1) is 12.1. The van der Waals surface area contributed by atoms with Crippen LogP contribution in [0.3, 0.4) is 0 Å². The number of nitrogens with zero attached hydrogens (tertiary/aromatic N) is 3. The Balaban J connectivity index is 1.76. The molecule has 0 aliphatic carbocycles. The van der Waals surface area contributed by atoms with Gasteiger partial charge in [-0.2, -0.15) is 10.4 Å². The third-order valence-corrected chi connectivity index (χ3v) is 3.57. The summed E-state index contributed by atoms with van der Waals surface area (Å²) < 4.78 is 10.3. The smallest absolute Gasteiger partial charge is 0.409 e. The molecule has 1 fully saturated rings. The van der Waals surface area contributed by atoms with Crippen LogP contribution < -0.4 is 10.2 Å². The normalized spacial score (nSPS) is 13.6. The van der Waals surface area contributed by atoms with Crippen molar-refractivity contribution >= 4 is 17.7 Å². The fraction of sp³-hybridized carbons (Fsp3) is 0.412. The third kappa shape index (κ3) is 5.49. The maximum Gasteiger partial charge on any atom is 0.409 e. The Kier molecular flexibility index (Phi) is 6.77. The maximum absolute atomic E-state index is 11.8. The van der Waals surface area contributed by atoms with Crippen LogP contribution in [0.2, 0.25) is 0 Å². The number of likely N-dealkylation sites (tertiary alicyclic amines) is 1. The Morgan fingerprint density at radius 3 is 2.72 bits per heavy atom. The number of hydrogen-bond acceptors (Lipinski definition) is 6. The van der Waals surface area contributed by atoms with Crippen LogP contribution >= 0.6 is 0 Å². The Bertz CT molecular complexity index is 686. The van der Waals surface area contributed by atoms with Gasteiger partial charge in [0.15, 0.2) is 6.61 Å². The maximum atomic E-state index is 11.8. The second-order valence-electron chi connectivity index (χ2n) is 5.30. The van der Waals surface area contributed by atoms with E-state index in [2.05, 4.69) is 10.5 Å². The monoisotopic (exact) mass is 344 g/mol. The van der Waals surface area contributed by atoms with E-state index in [-0.39, 0.29) is 12.7 Å². The van der Waals surface area contributed by atoms with Gasteiger partial charge in [0.1, 0.15) is 11.8 Å². The number of rotatable bonds is 5. The molecule has 0 saturated carbocycles. The van der Waals surface area contributed by atoms with Gasteiger partial charge in [-0.25, -0.2) is 10.2 Å². The highest BCUT2D eigenvalue weighted by atomic mass is 16.6. The summed E-state index contributed by atoms with van der Waals surface area (Å²) in [5, 5.41) is 13.0. The fourth-order valence-corrected chi connectivity index (χ4v) is 2.28. The van der Waals surface area contributed by atoms with Gasteiger partial charge in [-0.15, -0.1) is 0 Å². The quantitative estimate of drug-likeness (QED) is 0.818. The molecule has 1 aliphatic rings. The van der Waals surface area contributed by atoms with Gasteiger partial charge < -0.3 is 14.4 Å². The standard InChI is InChI=1S/C17H20N4O4/c1-2-24-17(23)21-9-7-14(8-10-21)19-20-16(22)12-25-15-6-4-3-5-13(15)11-18/h3-6H,2,7-10,12H2,1H3,(H,20,22). The molecule has 0 unspecified atom stereocenters. The molecule has 1 aromatic carbocycles. The first-order valence-corrected chi connectivity index (χ1v) is 8.02. The molecule has 0 bridgehead atoms. The summed E-state index contributed by atoms with van der Waals surface area (Å²) in [6, 6.07) is 8.69. The summed E-state index contributed by atoms with van der Waals surface area (Å²) >= 11 is 0. The van der Waals surface area contributed by atoms with Gasteiger partial charge in [0.25, 0.3) is 5.91 Å². The van der Waals surface area contributed by atoms with Crippen molar-refractivity contribution in [3.63, 3.8) is 0 Å². The molecule has 132 valence electrons. The Morgan fingerprint density at radius 1 is 1.32 bits per heavy atom. The highest BCUT2D eigenvalue weighted by Gasteiger charge is 2.20. The minimum absolute atomic E-state index is 0.232. The van der Waals surface area contributed by atoms with Gasteiger partial charge in [-0.05, 0) is 19.1 Å². The van der Waals surface area contributed by atoms with E-state index in [4.69, 9.17) is 14.7 Å². The lowest BCUT2D eigenvalue weighted by molar-refractivity contribution is -0.123. The van der Waals surface area contributed by atoms with Gasteiger partial charge in [-0.3, -0.25) is 4.79 Å². The molecular formula is C17H20N4O4. The molecule has 1 aliphatic heterocycles. The second-order valence-corrected chi connectivity index (χ2v) is 5.30. The predicted octanol–water partition coefficient (Wildman–Crippen LogP) is 1.66. The molecule has 1 saturated heterocycles. The van der Waals surface area contributed by atoms with Crippen molar-refractivity contribution in [1.82, 2.24) is 10.3 Å². The number of benzene rings is 1. The fourth-order valence-electron chi connectivity index (χ4n) is 2.28. The number of hydrogen-bond donors (Lipinski definition) is 1. The Morgan fingerprint density at radius 2 is 2.04 bits per heavy atom. The average molecular weight is 344 g/mol. The summed E-state index contributed by atoms with van der Waals surface area (Å²) in [7, 11) is 0. The molecule has 0 aromatic heterocycles. The van der Waals surface area contributed by atoms with E-state index in [0.717, 1.165) is 5.71 Å². The summed E-state index contributed by atoms with van der Waals surface area (Å²) in [5.74, 6) is -0.0522. The van der Waals surface area contributed by atoms with Gasteiger partial charge >= 0.3 is 6.09 Å². The molecule has 0 spiro atoms. The molecule has 0 radical (unpaired) electrons. The predicted molar refractivity (Wildman–Crippen MR) is 90.1 cm³/mol. The zero-order valence-corrected chi connectivity index (χ0v) is 14.0. The minimum Gasteiger partial charge on any atom is -0.482 e. The van der Waals surface area contributed by atoms with Crippen LogP contribution in [0.4, 0.5) is 4.79 Å².